The number of aromatic nitrogens is 2. The van der Waals surface area contributed by atoms with Crippen LogP contribution in [0.1, 0.15) is 21.7 Å². The van der Waals surface area contributed by atoms with E-state index in [0.29, 0.717) is 17.0 Å². The van der Waals surface area contributed by atoms with Crippen molar-refractivity contribution in [1.82, 2.24) is 9.78 Å². The smallest absolute Gasteiger partial charge is 0.155 e. The number of carbonyl (C=O) groups excluding carboxylic acids is 1. The molecular weight excluding hydrogens is 252 g/mol. The van der Waals surface area contributed by atoms with Gasteiger partial charge in [-0.1, -0.05) is 17.7 Å². The number of nitrogens with zero attached hydrogens (tertiary/aromatic N) is 2. The van der Waals surface area contributed by atoms with E-state index in [-0.39, 0.29) is 0 Å². The summed E-state index contributed by atoms with van der Waals surface area (Å²) in [6, 6.07) is 11.6. The van der Waals surface area contributed by atoms with Crippen molar-refractivity contribution in [3.8, 4) is 17.1 Å². The molecule has 4 heteroatoms. The molecule has 0 radical (unpaired) electrons. The molecule has 0 atom stereocenters. The fourth-order valence-corrected chi connectivity index (χ4v) is 2.06. The summed E-state index contributed by atoms with van der Waals surface area (Å²) in [5.41, 5.74) is 3.17. The van der Waals surface area contributed by atoms with E-state index in [2.05, 4.69) is 5.10 Å². The molecule has 3 aromatic rings. The van der Waals surface area contributed by atoms with E-state index >= 15 is 0 Å². The van der Waals surface area contributed by atoms with Gasteiger partial charge in [-0.05, 0) is 38.1 Å². The minimum atomic E-state index is 0.514. The number of aryl methyl sites for hydroxylation is 2. The molecule has 0 spiro atoms. The van der Waals surface area contributed by atoms with Gasteiger partial charge in [0.2, 0.25) is 0 Å². The highest BCUT2D eigenvalue weighted by Gasteiger charge is 2.14. The van der Waals surface area contributed by atoms with Crippen LogP contribution in [0.4, 0.5) is 0 Å². The Balaban J connectivity index is 2.09. The van der Waals surface area contributed by atoms with Gasteiger partial charge in [-0.25, -0.2) is 4.68 Å². The highest BCUT2D eigenvalue weighted by molar-refractivity contribution is 5.84. The van der Waals surface area contributed by atoms with Gasteiger partial charge in [-0.3, -0.25) is 4.79 Å². The average molecular weight is 266 g/mol. The molecule has 0 bridgehead atoms. The van der Waals surface area contributed by atoms with Crippen LogP contribution in [0.15, 0.2) is 47.0 Å². The molecule has 3 rings (SSSR count). The highest BCUT2D eigenvalue weighted by Crippen LogP contribution is 2.24. The Hall–Kier alpha value is -2.62. The van der Waals surface area contributed by atoms with E-state index in [1.807, 2.05) is 50.2 Å². The van der Waals surface area contributed by atoms with E-state index in [1.54, 1.807) is 10.9 Å². The van der Waals surface area contributed by atoms with E-state index in [1.165, 1.54) is 5.56 Å². The molecule has 0 aliphatic rings. The van der Waals surface area contributed by atoms with E-state index < -0.39 is 0 Å². The molecule has 0 saturated heterocycles. The first-order chi connectivity index (χ1) is 9.67. The summed E-state index contributed by atoms with van der Waals surface area (Å²) in [5, 5.41) is 4.46. The molecule has 100 valence electrons. The first kappa shape index (κ1) is 12.4. The van der Waals surface area contributed by atoms with Crippen LogP contribution < -0.4 is 0 Å². The quantitative estimate of drug-likeness (QED) is 0.681. The maximum absolute atomic E-state index is 11.2. The molecule has 0 saturated carbocycles. The SMILES string of the molecule is Cc1ccc(-n2cc(C=O)c(-c3ccc(C)o3)n2)cc1. The van der Waals surface area contributed by atoms with Gasteiger partial charge in [0.1, 0.15) is 11.5 Å². The minimum Gasteiger partial charge on any atom is -0.460 e. The zero-order valence-corrected chi connectivity index (χ0v) is 11.3. The van der Waals surface area contributed by atoms with Gasteiger partial charge in [-0.15, -0.1) is 0 Å². The lowest BCUT2D eigenvalue weighted by molar-refractivity contribution is 0.112. The first-order valence-corrected chi connectivity index (χ1v) is 6.36. The number of carbonyl (C=O) groups is 1. The van der Waals surface area contributed by atoms with Gasteiger partial charge in [0.25, 0.3) is 0 Å². The number of furan rings is 1. The minimum absolute atomic E-state index is 0.514. The molecular formula is C16H14N2O2. The molecule has 1 aromatic carbocycles. The van der Waals surface area contributed by atoms with Crippen LogP contribution >= 0.6 is 0 Å². The van der Waals surface area contributed by atoms with Crippen molar-refractivity contribution in [1.29, 1.82) is 0 Å². The largest absolute Gasteiger partial charge is 0.460 e. The van der Waals surface area contributed by atoms with Crippen LogP contribution in [0.3, 0.4) is 0 Å². The fourth-order valence-electron chi connectivity index (χ4n) is 2.06. The van der Waals surface area contributed by atoms with Crippen molar-refractivity contribution in [3.05, 3.63) is 59.5 Å². The molecule has 0 unspecified atom stereocenters. The molecule has 0 amide bonds. The maximum Gasteiger partial charge on any atom is 0.155 e. The van der Waals surface area contributed by atoms with Crippen LogP contribution in [-0.4, -0.2) is 16.1 Å². The predicted molar refractivity (Wildman–Crippen MR) is 76.1 cm³/mol. The third kappa shape index (κ3) is 2.16. The average Bonchev–Trinajstić information content (AvgIpc) is 3.05. The standard InChI is InChI=1S/C16H14N2O2/c1-11-3-6-14(7-4-11)18-9-13(10-19)16(17-18)15-8-5-12(2)20-15/h3-10H,1-2H3. The Morgan fingerprint density at radius 1 is 1.10 bits per heavy atom. The lowest BCUT2D eigenvalue weighted by Gasteiger charge is -2.00. The van der Waals surface area contributed by atoms with Crippen LogP contribution in [0.2, 0.25) is 0 Å². The van der Waals surface area contributed by atoms with Gasteiger partial charge in [0.05, 0.1) is 11.3 Å². The molecule has 4 nitrogen and oxygen atoms in total. The van der Waals surface area contributed by atoms with Crippen LogP contribution in [-0.2, 0) is 0 Å². The second-order valence-corrected chi connectivity index (χ2v) is 4.74. The Morgan fingerprint density at radius 2 is 1.85 bits per heavy atom. The summed E-state index contributed by atoms with van der Waals surface area (Å²) in [4.78, 5) is 11.2. The number of aldehydes is 1. The lowest BCUT2D eigenvalue weighted by Crippen LogP contribution is -1.94. The molecule has 2 aromatic heterocycles. The second-order valence-electron chi connectivity index (χ2n) is 4.74. The van der Waals surface area contributed by atoms with Crippen molar-refractivity contribution < 1.29 is 9.21 Å². The Kier molecular flexibility index (Phi) is 2.99. The zero-order valence-electron chi connectivity index (χ0n) is 11.3. The molecule has 0 aliphatic heterocycles. The number of hydrogen-bond acceptors (Lipinski definition) is 3. The summed E-state index contributed by atoms with van der Waals surface area (Å²) in [7, 11) is 0. The number of hydrogen-bond donors (Lipinski definition) is 0. The van der Waals surface area contributed by atoms with E-state index in [9.17, 15) is 4.79 Å². The first-order valence-electron chi connectivity index (χ1n) is 6.36. The van der Waals surface area contributed by atoms with Gasteiger partial charge in [-0.2, -0.15) is 5.10 Å². The fraction of sp³-hybridized carbons (Fsp3) is 0.125. The van der Waals surface area contributed by atoms with Crippen molar-refractivity contribution in [2.45, 2.75) is 13.8 Å². The van der Waals surface area contributed by atoms with Gasteiger partial charge >= 0.3 is 0 Å². The van der Waals surface area contributed by atoms with Gasteiger partial charge in [0.15, 0.2) is 12.0 Å². The van der Waals surface area contributed by atoms with E-state index in [4.69, 9.17) is 4.42 Å². The van der Waals surface area contributed by atoms with Gasteiger partial charge < -0.3 is 4.42 Å². The van der Waals surface area contributed by atoms with E-state index in [0.717, 1.165) is 17.7 Å². The lowest BCUT2D eigenvalue weighted by atomic mass is 10.2. The summed E-state index contributed by atoms with van der Waals surface area (Å²) >= 11 is 0. The Labute approximate surface area is 116 Å². The van der Waals surface area contributed by atoms with Crippen molar-refractivity contribution in [2.24, 2.45) is 0 Å². The van der Waals surface area contributed by atoms with Crippen LogP contribution in [0, 0.1) is 13.8 Å². The number of rotatable bonds is 3. The molecule has 0 aliphatic carbocycles. The summed E-state index contributed by atoms with van der Waals surface area (Å²) in [5.74, 6) is 1.40. The Morgan fingerprint density at radius 3 is 2.45 bits per heavy atom. The summed E-state index contributed by atoms with van der Waals surface area (Å²) in [6.07, 6.45) is 2.51. The van der Waals surface area contributed by atoms with Crippen molar-refractivity contribution in [3.63, 3.8) is 0 Å². The highest BCUT2D eigenvalue weighted by atomic mass is 16.3. The predicted octanol–water partition coefficient (Wildman–Crippen LogP) is 3.56. The zero-order chi connectivity index (χ0) is 14.1. The topological polar surface area (TPSA) is 48.0 Å². The van der Waals surface area contributed by atoms with Crippen LogP contribution in [0.5, 0.6) is 0 Å². The number of benzene rings is 1. The molecule has 20 heavy (non-hydrogen) atoms. The van der Waals surface area contributed by atoms with Crippen LogP contribution in [0.25, 0.3) is 17.1 Å². The molecule has 0 fully saturated rings. The molecule has 0 N–H and O–H groups in total. The maximum atomic E-state index is 11.2. The summed E-state index contributed by atoms with van der Waals surface area (Å²) < 4.78 is 7.24. The summed E-state index contributed by atoms with van der Waals surface area (Å²) in [6.45, 7) is 3.89. The normalized spacial score (nSPS) is 10.7. The second kappa shape index (κ2) is 4.81. The third-order valence-electron chi connectivity index (χ3n) is 3.14. The van der Waals surface area contributed by atoms with Crippen molar-refractivity contribution >= 4 is 6.29 Å². The van der Waals surface area contributed by atoms with Gasteiger partial charge in [0, 0.05) is 6.20 Å². The molecule has 2 heterocycles. The Bertz CT molecular complexity index is 751. The van der Waals surface area contributed by atoms with Crippen molar-refractivity contribution in [2.75, 3.05) is 0 Å². The third-order valence-corrected chi connectivity index (χ3v) is 3.14. The monoisotopic (exact) mass is 266 g/mol.